The Kier molecular flexibility index (Phi) is 5.09. The summed E-state index contributed by atoms with van der Waals surface area (Å²) in [4.78, 5) is 17.7. The molecule has 0 bridgehead atoms. The van der Waals surface area contributed by atoms with Crippen molar-refractivity contribution in [3.8, 4) is 5.75 Å². The number of nitrogens with one attached hydrogen (secondary N) is 1. The predicted molar refractivity (Wildman–Crippen MR) is 80.5 cm³/mol. The highest BCUT2D eigenvalue weighted by atomic mass is 32.1. The molecule has 2 amide bonds. The molecule has 1 aromatic carbocycles. The molecule has 0 saturated carbocycles. The number of hydrogen-bond acceptors (Lipinski definition) is 4. The van der Waals surface area contributed by atoms with E-state index in [4.69, 9.17) is 0 Å². The summed E-state index contributed by atoms with van der Waals surface area (Å²) in [7, 11) is 1.60. The molecule has 0 aliphatic rings. The number of rotatable bonds is 4. The van der Waals surface area contributed by atoms with E-state index in [0.717, 1.165) is 22.8 Å². The Labute approximate surface area is 134 Å². The number of aromatic nitrogens is 1. The number of anilines is 1. The molecular formula is C14H14F3N3O2S. The average Bonchev–Trinajstić information content (AvgIpc) is 2.84. The number of amides is 2. The fourth-order valence-electron chi connectivity index (χ4n) is 1.75. The number of carbonyl (C=O) groups excluding carboxylic acids is 1. The number of thiazole rings is 1. The lowest BCUT2D eigenvalue weighted by atomic mass is 10.3. The van der Waals surface area contributed by atoms with E-state index >= 15 is 0 Å². The summed E-state index contributed by atoms with van der Waals surface area (Å²) in [6.07, 6.45) is -4.74. The molecule has 0 fully saturated rings. The van der Waals surface area contributed by atoms with Crippen LogP contribution in [-0.2, 0) is 6.54 Å². The maximum absolute atomic E-state index is 12.1. The molecule has 1 aromatic heterocycles. The SMILES string of the molecule is Cc1nc(CN(C)C(=O)Nc2ccc(OC(F)(F)F)cc2)cs1. The molecule has 2 aromatic rings. The maximum Gasteiger partial charge on any atom is 0.573 e. The van der Waals surface area contributed by atoms with E-state index in [2.05, 4.69) is 15.0 Å². The second-order valence-corrected chi connectivity index (χ2v) is 5.78. The van der Waals surface area contributed by atoms with Gasteiger partial charge < -0.3 is 15.0 Å². The zero-order valence-corrected chi connectivity index (χ0v) is 13.2. The standard InChI is InChI=1S/C14H14F3N3O2S/c1-9-18-11(8-23-9)7-20(2)13(21)19-10-3-5-12(6-4-10)22-14(15,16)17/h3-6,8H,7H2,1-2H3,(H,19,21). The van der Waals surface area contributed by atoms with E-state index in [-0.39, 0.29) is 11.8 Å². The number of carbonyl (C=O) groups is 1. The molecule has 1 heterocycles. The van der Waals surface area contributed by atoms with Gasteiger partial charge in [0.2, 0.25) is 0 Å². The van der Waals surface area contributed by atoms with Gasteiger partial charge in [-0.3, -0.25) is 0 Å². The number of aryl methyl sites for hydroxylation is 1. The van der Waals surface area contributed by atoms with Crippen molar-refractivity contribution < 1.29 is 22.7 Å². The van der Waals surface area contributed by atoms with Crippen LogP contribution in [0.3, 0.4) is 0 Å². The summed E-state index contributed by atoms with van der Waals surface area (Å²) in [5, 5.41) is 5.36. The number of urea groups is 1. The lowest BCUT2D eigenvalue weighted by molar-refractivity contribution is -0.274. The van der Waals surface area contributed by atoms with Crippen LogP contribution in [0.2, 0.25) is 0 Å². The molecule has 1 N–H and O–H groups in total. The Morgan fingerprint density at radius 3 is 2.52 bits per heavy atom. The van der Waals surface area contributed by atoms with E-state index in [1.54, 1.807) is 7.05 Å². The minimum Gasteiger partial charge on any atom is -0.406 e. The topological polar surface area (TPSA) is 54.5 Å². The molecule has 0 aliphatic heterocycles. The van der Waals surface area contributed by atoms with Crippen LogP contribution in [0.15, 0.2) is 29.6 Å². The summed E-state index contributed by atoms with van der Waals surface area (Å²) in [5.74, 6) is -0.346. The molecule has 0 aliphatic carbocycles. The van der Waals surface area contributed by atoms with Gasteiger partial charge in [0.05, 0.1) is 17.2 Å². The van der Waals surface area contributed by atoms with Crippen LogP contribution in [0.4, 0.5) is 23.7 Å². The van der Waals surface area contributed by atoms with E-state index < -0.39 is 6.36 Å². The zero-order chi connectivity index (χ0) is 17.0. The lowest BCUT2D eigenvalue weighted by Gasteiger charge is -2.17. The van der Waals surface area contributed by atoms with Crippen LogP contribution >= 0.6 is 11.3 Å². The molecule has 0 radical (unpaired) electrons. The fourth-order valence-corrected chi connectivity index (χ4v) is 2.36. The molecule has 2 rings (SSSR count). The average molecular weight is 345 g/mol. The number of halogens is 3. The number of ether oxygens (including phenoxy) is 1. The third-order valence-electron chi connectivity index (χ3n) is 2.75. The van der Waals surface area contributed by atoms with Crippen molar-refractivity contribution in [1.82, 2.24) is 9.88 Å². The Hall–Kier alpha value is -2.29. The van der Waals surface area contributed by atoms with E-state index in [9.17, 15) is 18.0 Å². The molecule has 9 heteroatoms. The first-order valence-corrected chi connectivity index (χ1v) is 7.40. The molecule has 0 unspecified atom stereocenters. The second-order valence-electron chi connectivity index (χ2n) is 4.72. The van der Waals surface area contributed by atoms with Gasteiger partial charge in [0, 0.05) is 18.1 Å². The van der Waals surface area contributed by atoms with Crippen molar-refractivity contribution in [1.29, 1.82) is 0 Å². The Morgan fingerprint density at radius 2 is 2.00 bits per heavy atom. The molecule has 0 spiro atoms. The van der Waals surface area contributed by atoms with Crippen LogP contribution in [0.1, 0.15) is 10.7 Å². The second kappa shape index (κ2) is 6.86. The van der Waals surface area contributed by atoms with Gasteiger partial charge in [0.1, 0.15) is 5.75 Å². The summed E-state index contributed by atoms with van der Waals surface area (Å²) < 4.78 is 39.9. The number of hydrogen-bond donors (Lipinski definition) is 1. The summed E-state index contributed by atoms with van der Waals surface area (Å²) >= 11 is 1.49. The van der Waals surface area contributed by atoms with Crippen molar-refractivity contribution in [3.05, 3.63) is 40.3 Å². The quantitative estimate of drug-likeness (QED) is 0.911. The van der Waals surface area contributed by atoms with E-state index in [0.29, 0.717) is 12.2 Å². The number of alkyl halides is 3. The van der Waals surface area contributed by atoms with Gasteiger partial charge in [0.25, 0.3) is 0 Å². The molecule has 124 valence electrons. The van der Waals surface area contributed by atoms with Gasteiger partial charge in [-0.25, -0.2) is 9.78 Å². The Bertz CT molecular complexity index is 671. The van der Waals surface area contributed by atoms with Crippen LogP contribution in [0.25, 0.3) is 0 Å². The van der Waals surface area contributed by atoms with Crippen molar-refractivity contribution >= 4 is 23.1 Å². The first kappa shape index (κ1) is 17.1. The first-order valence-electron chi connectivity index (χ1n) is 6.52. The van der Waals surface area contributed by atoms with E-state index in [1.807, 2.05) is 12.3 Å². The van der Waals surface area contributed by atoms with Crippen LogP contribution in [0.5, 0.6) is 5.75 Å². The normalized spacial score (nSPS) is 11.2. The fraction of sp³-hybridized carbons (Fsp3) is 0.286. The largest absolute Gasteiger partial charge is 0.573 e. The monoisotopic (exact) mass is 345 g/mol. The zero-order valence-electron chi connectivity index (χ0n) is 12.3. The highest BCUT2D eigenvalue weighted by Gasteiger charge is 2.30. The van der Waals surface area contributed by atoms with Crippen molar-refractivity contribution in [2.45, 2.75) is 19.8 Å². The third kappa shape index (κ3) is 5.44. The molecule has 0 saturated heterocycles. The van der Waals surface area contributed by atoms with Crippen molar-refractivity contribution in [2.24, 2.45) is 0 Å². The van der Waals surface area contributed by atoms with Crippen molar-refractivity contribution in [3.63, 3.8) is 0 Å². The molecule has 0 atom stereocenters. The minimum atomic E-state index is -4.74. The summed E-state index contributed by atoms with van der Waals surface area (Å²) in [6, 6.07) is 4.54. The van der Waals surface area contributed by atoms with Gasteiger partial charge in [-0.05, 0) is 31.2 Å². The Balaban J connectivity index is 1.91. The molecular weight excluding hydrogens is 331 g/mol. The van der Waals surface area contributed by atoms with Crippen LogP contribution in [0, 0.1) is 6.92 Å². The highest BCUT2D eigenvalue weighted by Crippen LogP contribution is 2.24. The highest BCUT2D eigenvalue weighted by molar-refractivity contribution is 7.09. The lowest BCUT2D eigenvalue weighted by Crippen LogP contribution is -2.30. The van der Waals surface area contributed by atoms with Gasteiger partial charge in [-0.2, -0.15) is 0 Å². The summed E-state index contributed by atoms with van der Waals surface area (Å²) in [5.41, 5.74) is 1.14. The van der Waals surface area contributed by atoms with Crippen LogP contribution in [-0.4, -0.2) is 29.3 Å². The van der Waals surface area contributed by atoms with Gasteiger partial charge >= 0.3 is 12.4 Å². The molecule has 5 nitrogen and oxygen atoms in total. The predicted octanol–water partition coefficient (Wildman–Crippen LogP) is 4.01. The third-order valence-corrected chi connectivity index (χ3v) is 3.57. The smallest absolute Gasteiger partial charge is 0.406 e. The number of nitrogens with zero attached hydrogens (tertiary/aromatic N) is 2. The van der Waals surface area contributed by atoms with E-state index in [1.165, 1.54) is 28.4 Å². The first-order chi connectivity index (χ1) is 10.7. The Morgan fingerprint density at radius 1 is 1.35 bits per heavy atom. The number of benzene rings is 1. The van der Waals surface area contributed by atoms with Gasteiger partial charge in [0.15, 0.2) is 0 Å². The van der Waals surface area contributed by atoms with Gasteiger partial charge in [-0.1, -0.05) is 0 Å². The van der Waals surface area contributed by atoms with Crippen molar-refractivity contribution in [2.75, 3.05) is 12.4 Å². The van der Waals surface area contributed by atoms with Gasteiger partial charge in [-0.15, -0.1) is 24.5 Å². The maximum atomic E-state index is 12.1. The molecule has 23 heavy (non-hydrogen) atoms. The minimum absolute atomic E-state index is 0.339. The van der Waals surface area contributed by atoms with Crippen LogP contribution < -0.4 is 10.1 Å². The summed E-state index contributed by atoms with van der Waals surface area (Å²) in [6.45, 7) is 2.21.